The molecule has 0 amide bonds. The topological polar surface area (TPSA) is 30.7 Å². The van der Waals surface area contributed by atoms with E-state index in [1.165, 1.54) is 0 Å². The van der Waals surface area contributed by atoms with Crippen LogP contribution < -0.4 is 0 Å². The molecule has 0 spiro atoms. The van der Waals surface area contributed by atoms with Gasteiger partial charge >= 0.3 is 0 Å². The van der Waals surface area contributed by atoms with Crippen LogP contribution in [0.15, 0.2) is 18.1 Å². The number of rotatable bonds is 7. The number of hydrogen-bond acceptors (Lipinski definition) is 2. The van der Waals surface area contributed by atoms with Gasteiger partial charge < -0.3 is 0 Å². The van der Waals surface area contributed by atoms with E-state index in [2.05, 4.69) is 31.1 Å². The fourth-order valence-corrected chi connectivity index (χ4v) is 1.93. The molecule has 0 N–H and O–H groups in total. The highest BCUT2D eigenvalue weighted by Gasteiger charge is 2.13. The van der Waals surface area contributed by atoms with E-state index in [-0.39, 0.29) is 17.8 Å². The number of nitrogens with zero attached hydrogens (tertiary/aromatic N) is 3. The first-order chi connectivity index (χ1) is 8.95. The van der Waals surface area contributed by atoms with E-state index in [9.17, 15) is 4.39 Å². The Morgan fingerprint density at radius 3 is 2.53 bits per heavy atom. The first kappa shape index (κ1) is 15.9. The summed E-state index contributed by atoms with van der Waals surface area (Å²) in [6.07, 6.45) is 6.17. The lowest BCUT2D eigenvalue weighted by Gasteiger charge is -2.14. The largest absolute Gasteiger partial charge is 0.250 e. The lowest BCUT2D eigenvalue weighted by atomic mass is 10.0. The van der Waals surface area contributed by atoms with Crippen LogP contribution in [0, 0.1) is 5.92 Å². The van der Waals surface area contributed by atoms with Crippen molar-refractivity contribution in [2.45, 2.75) is 65.8 Å². The molecule has 0 fully saturated rings. The molecule has 1 aromatic rings. The fraction of sp³-hybridized carbons (Fsp3) is 0.733. The van der Waals surface area contributed by atoms with Gasteiger partial charge in [0.05, 0.1) is 17.6 Å². The maximum atomic E-state index is 13.6. The summed E-state index contributed by atoms with van der Waals surface area (Å²) in [7, 11) is 0. The normalized spacial score (nSPS) is 15.8. The summed E-state index contributed by atoms with van der Waals surface area (Å²) in [5.74, 6) is 0.399. The monoisotopic (exact) mass is 267 g/mol. The van der Waals surface area contributed by atoms with Gasteiger partial charge in [-0.15, -0.1) is 5.10 Å². The van der Waals surface area contributed by atoms with Gasteiger partial charge in [-0.2, -0.15) is 0 Å². The summed E-state index contributed by atoms with van der Waals surface area (Å²) in [5.41, 5.74) is 1.01. The number of aromatic nitrogens is 3. The Balaban J connectivity index is 2.50. The van der Waals surface area contributed by atoms with Crippen molar-refractivity contribution in [1.29, 1.82) is 0 Å². The van der Waals surface area contributed by atoms with Crippen LogP contribution in [0.4, 0.5) is 4.39 Å². The SMILES string of the molecule is CC/C=C(\F)C(C)CCC(C)n1cc(C(C)C)nn1. The third kappa shape index (κ3) is 4.77. The molecule has 0 radical (unpaired) electrons. The van der Waals surface area contributed by atoms with Gasteiger partial charge in [0, 0.05) is 12.1 Å². The smallest absolute Gasteiger partial charge is 0.0987 e. The van der Waals surface area contributed by atoms with Crippen molar-refractivity contribution in [1.82, 2.24) is 15.0 Å². The van der Waals surface area contributed by atoms with Gasteiger partial charge in [0.2, 0.25) is 0 Å². The molecule has 108 valence electrons. The molecule has 1 rings (SSSR count). The zero-order chi connectivity index (χ0) is 14.4. The van der Waals surface area contributed by atoms with Crippen LogP contribution in [0.5, 0.6) is 0 Å². The van der Waals surface area contributed by atoms with Gasteiger partial charge in [-0.3, -0.25) is 0 Å². The van der Waals surface area contributed by atoms with Gasteiger partial charge in [-0.25, -0.2) is 9.07 Å². The van der Waals surface area contributed by atoms with Gasteiger partial charge in [0.15, 0.2) is 0 Å². The molecule has 4 heteroatoms. The molecule has 0 aliphatic carbocycles. The molecule has 0 aromatic carbocycles. The van der Waals surface area contributed by atoms with E-state index in [0.29, 0.717) is 5.92 Å². The molecule has 0 aliphatic heterocycles. The number of hydrogen-bond donors (Lipinski definition) is 0. The molecule has 1 heterocycles. The Morgan fingerprint density at radius 1 is 1.32 bits per heavy atom. The Bertz CT molecular complexity index is 409. The summed E-state index contributed by atoms with van der Waals surface area (Å²) >= 11 is 0. The average Bonchev–Trinajstić information content (AvgIpc) is 2.85. The Kier molecular flexibility index (Phi) is 6.19. The first-order valence-corrected chi connectivity index (χ1v) is 7.22. The zero-order valence-electron chi connectivity index (χ0n) is 12.7. The third-order valence-corrected chi connectivity index (χ3v) is 3.46. The second-order valence-corrected chi connectivity index (χ2v) is 5.60. The minimum Gasteiger partial charge on any atom is -0.250 e. The molecule has 2 unspecified atom stereocenters. The van der Waals surface area contributed by atoms with Crippen LogP contribution in [-0.2, 0) is 0 Å². The molecular formula is C15H26FN3. The standard InChI is InChI=1S/C15H26FN3/c1-6-7-14(16)12(4)8-9-13(5)19-10-15(11(2)3)17-18-19/h7,10-13H,6,8-9H2,1-5H3/b14-7-. The molecular weight excluding hydrogens is 241 g/mol. The first-order valence-electron chi connectivity index (χ1n) is 7.22. The number of halogens is 1. The van der Waals surface area contributed by atoms with E-state index in [1.807, 2.05) is 24.7 Å². The summed E-state index contributed by atoms with van der Waals surface area (Å²) in [5, 5.41) is 8.31. The van der Waals surface area contributed by atoms with Gasteiger partial charge in [0.1, 0.15) is 0 Å². The lowest BCUT2D eigenvalue weighted by molar-refractivity contribution is 0.382. The second kappa shape index (κ2) is 7.41. The van der Waals surface area contributed by atoms with Crippen LogP contribution >= 0.6 is 0 Å². The van der Waals surface area contributed by atoms with Crippen molar-refractivity contribution in [3.8, 4) is 0 Å². The second-order valence-electron chi connectivity index (χ2n) is 5.60. The summed E-state index contributed by atoms with van der Waals surface area (Å²) in [6, 6.07) is 0.261. The molecule has 3 nitrogen and oxygen atoms in total. The fourth-order valence-electron chi connectivity index (χ4n) is 1.93. The lowest BCUT2D eigenvalue weighted by Crippen LogP contribution is -2.08. The highest BCUT2D eigenvalue weighted by atomic mass is 19.1. The van der Waals surface area contributed by atoms with Crippen molar-refractivity contribution in [2.24, 2.45) is 5.92 Å². The molecule has 19 heavy (non-hydrogen) atoms. The Hall–Kier alpha value is -1.19. The average molecular weight is 267 g/mol. The molecule has 0 saturated heterocycles. The minimum atomic E-state index is -0.00418. The van der Waals surface area contributed by atoms with Gasteiger partial charge in [-0.1, -0.05) is 39.0 Å². The van der Waals surface area contributed by atoms with Crippen molar-refractivity contribution in [2.75, 3.05) is 0 Å². The van der Waals surface area contributed by atoms with E-state index < -0.39 is 0 Å². The van der Waals surface area contributed by atoms with Crippen molar-refractivity contribution < 1.29 is 4.39 Å². The van der Waals surface area contributed by atoms with Crippen LogP contribution in [-0.4, -0.2) is 15.0 Å². The minimum absolute atomic E-state index is 0.00418. The molecule has 1 aromatic heterocycles. The summed E-state index contributed by atoms with van der Waals surface area (Å²) in [6.45, 7) is 10.2. The Morgan fingerprint density at radius 2 is 2.00 bits per heavy atom. The highest BCUT2D eigenvalue weighted by molar-refractivity contribution is 4.99. The molecule has 0 saturated carbocycles. The van der Waals surface area contributed by atoms with E-state index in [4.69, 9.17) is 0 Å². The molecule has 2 atom stereocenters. The quantitative estimate of drug-likeness (QED) is 0.720. The molecule has 0 bridgehead atoms. The third-order valence-electron chi connectivity index (χ3n) is 3.46. The van der Waals surface area contributed by atoms with Crippen molar-refractivity contribution in [3.05, 3.63) is 23.8 Å². The highest BCUT2D eigenvalue weighted by Crippen LogP contribution is 2.23. The van der Waals surface area contributed by atoms with Crippen LogP contribution in [0.3, 0.4) is 0 Å². The maximum Gasteiger partial charge on any atom is 0.0987 e. The van der Waals surface area contributed by atoms with Crippen LogP contribution in [0.1, 0.15) is 71.5 Å². The van der Waals surface area contributed by atoms with Gasteiger partial charge in [-0.05, 0) is 32.1 Å². The van der Waals surface area contributed by atoms with Crippen molar-refractivity contribution in [3.63, 3.8) is 0 Å². The zero-order valence-corrected chi connectivity index (χ0v) is 12.7. The molecule has 0 aliphatic rings. The van der Waals surface area contributed by atoms with Gasteiger partial charge in [0.25, 0.3) is 0 Å². The predicted molar refractivity (Wildman–Crippen MR) is 76.7 cm³/mol. The number of allylic oxidation sites excluding steroid dienone is 2. The van der Waals surface area contributed by atoms with E-state index in [0.717, 1.165) is 25.0 Å². The van der Waals surface area contributed by atoms with E-state index in [1.54, 1.807) is 6.08 Å². The van der Waals surface area contributed by atoms with Crippen molar-refractivity contribution >= 4 is 0 Å². The maximum absolute atomic E-state index is 13.6. The van der Waals surface area contributed by atoms with Crippen LogP contribution in [0.25, 0.3) is 0 Å². The summed E-state index contributed by atoms with van der Waals surface area (Å²) < 4.78 is 15.5. The van der Waals surface area contributed by atoms with E-state index >= 15 is 0 Å². The Labute approximate surface area is 115 Å². The van der Waals surface area contributed by atoms with Crippen LogP contribution in [0.2, 0.25) is 0 Å². The summed E-state index contributed by atoms with van der Waals surface area (Å²) in [4.78, 5) is 0. The predicted octanol–water partition coefficient (Wildman–Crippen LogP) is 4.64.